The lowest BCUT2D eigenvalue weighted by atomic mass is 10.1. The summed E-state index contributed by atoms with van der Waals surface area (Å²) in [5.74, 6) is 0.663. The summed E-state index contributed by atoms with van der Waals surface area (Å²) < 4.78 is 32.3. The normalized spacial score (nSPS) is 17.2. The number of nitrogens with zero attached hydrogens (tertiary/aromatic N) is 10. The number of carbonyl (C=O) groups excluding carboxylic acids is 5. The Morgan fingerprint density at radius 1 is 0.495 bits per heavy atom. The Balaban J connectivity index is 0.000000176. The van der Waals surface area contributed by atoms with E-state index in [1.165, 1.54) is 16.9 Å². The van der Waals surface area contributed by atoms with Crippen LogP contribution in [0.1, 0.15) is 82.6 Å². The topological polar surface area (TPSA) is 185 Å². The SMILES string of the molecule is CCN1CCN(c2ccc(N3CCCC3=O)cc2COC)CC1.COCc1cc(N(C)C(=O)C(C)C)ccc1N1CCOCC1.COCc1cc(N2CCCC2=O)ccc1N1CCN(CC(=O)N(C)C)CC1.COCc1cc(NC(=O)C(C)C)ccc1N1CCOCC1. The molecule has 0 aliphatic carbocycles. The highest BCUT2D eigenvalue weighted by molar-refractivity contribution is 5.97. The van der Waals surface area contributed by atoms with Crippen molar-refractivity contribution >= 4 is 75.0 Å². The van der Waals surface area contributed by atoms with Gasteiger partial charge in [-0.3, -0.25) is 28.9 Å². The fourth-order valence-corrected chi connectivity index (χ4v) is 12.3. The number of nitrogens with one attached hydrogen (secondary N) is 1. The van der Waals surface area contributed by atoms with Crippen LogP contribution in [0, 0.1) is 11.8 Å². The minimum absolute atomic E-state index is 0.0187. The molecule has 4 aromatic carbocycles. The molecule has 6 aliphatic heterocycles. The highest BCUT2D eigenvalue weighted by Crippen LogP contribution is 2.34. The van der Waals surface area contributed by atoms with Gasteiger partial charge >= 0.3 is 0 Å². The first-order valence-corrected chi connectivity index (χ1v) is 33.3. The summed E-state index contributed by atoms with van der Waals surface area (Å²) in [6.45, 7) is 29.5. The number of morpholine rings is 2. The third-order valence-corrected chi connectivity index (χ3v) is 17.7. The molecule has 0 saturated carbocycles. The first-order chi connectivity index (χ1) is 44.9. The Morgan fingerprint density at radius 3 is 1.28 bits per heavy atom. The van der Waals surface area contributed by atoms with Gasteiger partial charge in [0.1, 0.15) is 0 Å². The zero-order chi connectivity index (χ0) is 67.0. The number of hydrogen-bond acceptors (Lipinski definition) is 17. The number of benzene rings is 4. The standard InChI is InChI=1S/C20H30N4O3.C18H27N3O2.C17H26N2O3.C16H24N2O3/c1-21(2)20(26)14-22-9-11-23(12-10-22)18-7-6-17(13-16(18)15-27-3)24-8-4-5-19(24)25;1-3-19-9-11-20(12-10-19)17-7-6-16(13-15(17)14-23-2)21-8-4-5-18(21)22;1-13(2)17(20)18(3)15-5-6-16(14(11-15)12-21-4)19-7-9-22-10-8-19;1-12(2)16(19)17-14-4-5-15(13(10-14)11-20-3)18-6-8-21-9-7-18/h6-7,13H,4-5,8-12,14-15H2,1-3H3;6-7,13H,3-5,8-12,14H2,1-2H3;5-6,11,13H,7-10,12H2,1-4H3;4-5,10,12H,6-9,11H2,1-3H3,(H,17,19). The van der Waals surface area contributed by atoms with E-state index in [0.29, 0.717) is 45.8 Å². The van der Waals surface area contributed by atoms with Crippen LogP contribution in [0.4, 0.5) is 45.5 Å². The Kier molecular flexibility index (Phi) is 29.5. The molecule has 6 aliphatic rings. The summed E-state index contributed by atoms with van der Waals surface area (Å²) in [6, 6.07) is 24.8. The molecule has 0 atom stereocenters. The first-order valence-electron chi connectivity index (χ1n) is 33.3. The molecule has 1 N–H and O–H groups in total. The van der Waals surface area contributed by atoms with Gasteiger partial charge < -0.3 is 77.8 Å². The lowest BCUT2D eigenvalue weighted by Crippen LogP contribution is -2.49. The zero-order valence-corrected chi connectivity index (χ0v) is 57.8. The first kappa shape index (κ1) is 73.5. The van der Waals surface area contributed by atoms with Gasteiger partial charge in [-0.1, -0.05) is 34.6 Å². The lowest BCUT2D eigenvalue weighted by Gasteiger charge is -2.37. The van der Waals surface area contributed by atoms with Crippen molar-refractivity contribution in [3.05, 3.63) is 95.1 Å². The predicted molar refractivity (Wildman–Crippen MR) is 371 cm³/mol. The Hall–Kier alpha value is -6.89. The largest absolute Gasteiger partial charge is 0.380 e. The summed E-state index contributed by atoms with van der Waals surface area (Å²) in [5, 5.41) is 2.93. The number of methoxy groups -OCH3 is 4. The summed E-state index contributed by atoms with van der Waals surface area (Å²) in [5.41, 5.74) is 12.9. The molecule has 6 saturated heterocycles. The Morgan fingerprint density at radius 2 is 0.892 bits per heavy atom. The van der Waals surface area contributed by atoms with E-state index >= 15 is 0 Å². The summed E-state index contributed by atoms with van der Waals surface area (Å²) in [7, 11) is 12.2. The van der Waals surface area contributed by atoms with Crippen LogP contribution in [0.15, 0.2) is 72.8 Å². The molecular formula is C71H107N11O11. The maximum absolute atomic E-state index is 12.2. The third-order valence-electron chi connectivity index (χ3n) is 17.7. The number of ether oxygens (including phenoxy) is 6. The highest BCUT2D eigenvalue weighted by atomic mass is 16.5. The van der Waals surface area contributed by atoms with Crippen molar-refractivity contribution in [3.8, 4) is 0 Å². The summed E-state index contributed by atoms with van der Waals surface area (Å²) in [6.07, 6.45) is 3.18. The van der Waals surface area contributed by atoms with Gasteiger partial charge in [-0.2, -0.15) is 0 Å². The molecule has 0 aromatic heterocycles. The van der Waals surface area contributed by atoms with Gasteiger partial charge in [0.05, 0.1) is 59.4 Å². The van der Waals surface area contributed by atoms with E-state index in [-0.39, 0.29) is 41.4 Å². The van der Waals surface area contributed by atoms with Gasteiger partial charge in [0.2, 0.25) is 29.5 Å². The third kappa shape index (κ3) is 21.1. The van der Waals surface area contributed by atoms with E-state index in [1.807, 2.05) is 68.8 Å². The minimum Gasteiger partial charge on any atom is -0.380 e. The second-order valence-electron chi connectivity index (χ2n) is 25.2. The van der Waals surface area contributed by atoms with Crippen molar-refractivity contribution in [2.24, 2.45) is 11.8 Å². The van der Waals surface area contributed by atoms with E-state index in [2.05, 4.69) is 90.2 Å². The maximum Gasteiger partial charge on any atom is 0.236 e. The summed E-state index contributed by atoms with van der Waals surface area (Å²) >= 11 is 0. The van der Waals surface area contributed by atoms with Gasteiger partial charge in [-0.15, -0.1) is 0 Å². The second kappa shape index (κ2) is 37.3. The van der Waals surface area contributed by atoms with Crippen molar-refractivity contribution in [2.45, 2.75) is 86.7 Å². The molecule has 10 rings (SSSR count). The van der Waals surface area contributed by atoms with Gasteiger partial charge in [0.15, 0.2) is 0 Å². The van der Waals surface area contributed by atoms with Crippen LogP contribution in [0.25, 0.3) is 0 Å². The summed E-state index contributed by atoms with van der Waals surface area (Å²) in [4.78, 5) is 81.1. The maximum atomic E-state index is 12.2. The van der Waals surface area contributed by atoms with Crippen LogP contribution in [0.2, 0.25) is 0 Å². The molecule has 4 aromatic rings. The predicted octanol–water partition coefficient (Wildman–Crippen LogP) is 7.82. The van der Waals surface area contributed by atoms with Gasteiger partial charge in [-0.25, -0.2) is 0 Å². The van der Waals surface area contributed by atoms with Crippen molar-refractivity contribution < 1.29 is 52.4 Å². The van der Waals surface area contributed by atoms with Crippen molar-refractivity contribution in [1.82, 2.24) is 14.7 Å². The molecule has 0 bridgehead atoms. The number of rotatable bonds is 21. The van der Waals surface area contributed by atoms with Crippen LogP contribution in [-0.4, -0.2) is 225 Å². The average Bonchev–Trinajstić information content (AvgIpc) is 1.85. The molecule has 22 heteroatoms. The average molecular weight is 1290 g/mol. The zero-order valence-electron chi connectivity index (χ0n) is 57.8. The number of piperazine rings is 2. The highest BCUT2D eigenvalue weighted by Gasteiger charge is 2.28. The monoisotopic (exact) mass is 1290 g/mol. The molecular weight excluding hydrogens is 1180 g/mol. The number of amides is 5. The Labute approximate surface area is 553 Å². The quantitative estimate of drug-likeness (QED) is 0.0851. The van der Waals surface area contributed by atoms with E-state index < -0.39 is 0 Å². The fraction of sp³-hybridized carbons (Fsp3) is 0.592. The molecule has 0 spiro atoms. The molecule has 93 heavy (non-hydrogen) atoms. The van der Waals surface area contributed by atoms with Gasteiger partial charge in [0, 0.05) is 234 Å². The molecule has 512 valence electrons. The number of hydrogen-bond donors (Lipinski definition) is 1. The molecule has 22 nitrogen and oxygen atoms in total. The molecule has 6 fully saturated rings. The van der Waals surface area contributed by atoms with E-state index in [0.717, 1.165) is 188 Å². The van der Waals surface area contributed by atoms with E-state index in [9.17, 15) is 24.0 Å². The van der Waals surface area contributed by atoms with Gasteiger partial charge in [0.25, 0.3) is 0 Å². The fourth-order valence-electron chi connectivity index (χ4n) is 12.3. The van der Waals surface area contributed by atoms with Crippen LogP contribution in [-0.2, 0) is 78.8 Å². The van der Waals surface area contributed by atoms with Crippen molar-refractivity contribution in [1.29, 1.82) is 0 Å². The minimum atomic E-state index is -0.0326. The smallest absolute Gasteiger partial charge is 0.236 e. The van der Waals surface area contributed by atoms with E-state index in [4.69, 9.17) is 28.4 Å². The lowest BCUT2D eigenvalue weighted by molar-refractivity contribution is -0.130. The second-order valence-corrected chi connectivity index (χ2v) is 25.2. The number of likely N-dealkylation sites (N-methyl/N-ethyl adjacent to an activating group) is 2. The van der Waals surface area contributed by atoms with Crippen LogP contribution >= 0.6 is 0 Å². The van der Waals surface area contributed by atoms with Crippen LogP contribution in [0.5, 0.6) is 0 Å². The Bertz CT molecular complexity index is 3030. The van der Waals surface area contributed by atoms with E-state index in [1.54, 1.807) is 52.3 Å². The number of carbonyl (C=O) groups is 5. The molecule has 0 unspecified atom stereocenters. The molecule has 5 amide bonds. The molecule has 0 radical (unpaired) electrons. The van der Waals surface area contributed by atoms with Crippen LogP contribution in [0.3, 0.4) is 0 Å². The molecule has 6 heterocycles. The van der Waals surface area contributed by atoms with Crippen LogP contribution < -0.4 is 39.6 Å². The number of anilines is 8. The van der Waals surface area contributed by atoms with Crippen molar-refractivity contribution in [2.75, 3.05) is 220 Å². The van der Waals surface area contributed by atoms with Gasteiger partial charge in [-0.05, 0) is 92.2 Å². The van der Waals surface area contributed by atoms with Crippen molar-refractivity contribution in [3.63, 3.8) is 0 Å².